The number of rotatable bonds is 5. The predicted octanol–water partition coefficient (Wildman–Crippen LogP) is 3.02. The number of fused-ring (bicyclic) bond motifs is 1. The number of aliphatic hydroxyl groups is 1. The maximum absolute atomic E-state index is 10.0. The molecular formula is C19H27N3O. The maximum Gasteiger partial charge on any atom is 0.110 e. The topological polar surface area (TPSA) is 40.8 Å². The van der Waals surface area contributed by atoms with Crippen molar-refractivity contribution in [2.24, 2.45) is 11.3 Å². The highest BCUT2D eigenvalue weighted by atomic mass is 16.3. The number of aryl methyl sites for hydroxylation is 1. The van der Waals surface area contributed by atoms with E-state index in [0.717, 1.165) is 31.4 Å². The van der Waals surface area contributed by atoms with E-state index in [0.29, 0.717) is 6.61 Å². The minimum absolute atomic E-state index is 0.129. The summed E-state index contributed by atoms with van der Waals surface area (Å²) in [5.74, 6) is 1.93. The molecule has 0 aromatic carbocycles. The van der Waals surface area contributed by atoms with Crippen LogP contribution in [0.2, 0.25) is 0 Å². The van der Waals surface area contributed by atoms with Gasteiger partial charge < -0.3 is 9.51 Å². The van der Waals surface area contributed by atoms with Gasteiger partial charge in [-0.15, -0.1) is 0 Å². The molecule has 0 bridgehead atoms. The summed E-state index contributed by atoms with van der Waals surface area (Å²) in [4.78, 5) is 7.30. The Morgan fingerprint density at radius 2 is 2.22 bits per heavy atom. The van der Waals surface area contributed by atoms with Crippen LogP contribution >= 0.6 is 0 Å². The average molecular weight is 313 g/mol. The summed E-state index contributed by atoms with van der Waals surface area (Å²) >= 11 is 0. The van der Waals surface area contributed by atoms with Gasteiger partial charge in [0, 0.05) is 31.3 Å². The lowest BCUT2D eigenvalue weighted by Crippen LogP contribution is -2.45. The molecule has 2 fully saturated rings. The van der Waals surface area contributed by atoms with Crippen molar-refractivity contribution in [1.82, 2.24) is 14.3 Å². The van der Waals surface area contributed by atoms with Crippen LogP contribution in [0.5, 0.6) is 0 Å². The second kappa shape index (κ2) is 5.91. The van der Waals surface area contributed by atoms with Gasteiger partial charge in [-0.05, 0) is 50.8 Å². The van der Waals surface area contributed by atoms with Crippen LogP contribution in [0, 0.1) is 18.3 Å². The normalized spacial score (nSPS) is 26.0. The van der Waals surface area contributed by atoms with E-state index in [1.165, 1.54) is 43.3 Å². The van der Waals surface area contributed by atoms with E-state index in [9.17, 15) is 5.11 Å². The number of pyridine rings is 1. The van der Waals surface area contributed by atoms with Crippen LogP contribution in [0.15, 0.2) is 24.4 Å². The highest BCUT2D eigenvalue weighted by molar-refractivity contribution is 5.53. The molecule has 2 aromatic rings. The summed E-state index contributed by atoms with van der Waals surface area (Å²) in [5, 5.41) is 10.0. The van der Waals surface area contributed by atoms with Crippen molar-refractivity contribution in [2.45, 2.75) is 45.6 Å². The highest BCUT2D eigenvalue weighted by Gasteiger charge is 2.39. The molecule has 2 aliphatic rings. The Labute approximate surface area is 138 Å². The lowest BCUT2D eigenvalue weighted by atomic mass is 9.76. The number of likely N-dealkylation sites (tertiary alicyclic amines) is 1. The number of nitrogens with zero attached hydrogens (tertiary/aromatic N) is 3. The van der Waals surface area contributed by atoms with Gasteiger partial charge in [-0.25, -0.2) is 4.98 Å². The Hall–Kier alpha value is -1.39. The van der Waals surface area contributed by atoms with Crippen molar-refractivity contribution >= 4 is 5.52 Å². The van der Waals surface area contributed by atoms with Crippen molar-refractivity contribution in [1.29, 1.82) is 0 Å². The van der Waals surface area contributed by atoms with E-state index in [1.54, 1.807) is 0 Å². The zero-order valence-electron chi connectivity index (χ0n) is 14.0. The van der Waals surface area contributed by atoms with Crippen LogP contribution in [-0.4, -0.2) is 39.1 Å². The molecule has 124 valence electrons. The first-order chi connectivity index (χ1) is 11.2. The molecule has 1 N–H and O–H groups in total. The van der Waals surface area contributed by atoms with Gasteiger partial charge in [0.2, 0.25) is 0 Å². The standard InChI is InChI=1S/C19H27N3O/c1-15-20-17(18-5-2-3-10-22(15)18)12-21-9-4-8-19(13-21,14-23)11-16-6-7-16/h2-3,5,10,16,23H,4,6-9,11-14H2,1H3/t19-/m0/s1. The predicted molar refractivity (Wildman–Crippen MR) is 91.3 cm³/mol. The summed E-state index contributed by atoms with van der Waals surface area (Å²) in [6.07, 6.45) is 8.40. The van der Waals surface area contributed by atoms with Crippen LogP contribution in [0.4, 0.5) is 0 Å². The van der Waals surface area contributed by atoms with Crippen molar-refractivity contribution in [2.75, 3.05) is 19.7 Å². The van der Waals surface area contributed by atoms with E-state index < -0.39 is 0 Å². The maximum atomic E-state index is 10.0. The number of aliphatic hydroxyl groups excluding tert-OH is 1. The second-order valence-electron chi connectivity index (χ2n) is 7.68. The molecule has 1 aliphatic carbocycles. The zero-order valence-corrected chi connectivity index (χ0v) is 14.0. The molecule has 0 spiro atoms. The first-order valence-corrected chi connectivity index (χ1v) is 8.95. The van der Waals surface area contributed by atoms with Crippen molar-refractivity contribution in [3.05, 3.63) is 35.9 Å². The highest BCUT2D eigenvalue weighted by Crippen LogP contribution is 2.44. The SMILES string of the molecule is Cc1nc(CN2CCC[C@](CO)(CC3CC3)C2)c2ccccn12. The summed E-state index contributed by atoms with van der Waals surface area (Å²) in [5.41, 5.74) is 2.51. The molecule has 0 unspecified atom stereocenters. The van der Waals surface area contributed by atoms with Crippen LogP contribution < -0.4 is 0 Å². The number of hydrogen-bond acceptors (Lipinski definition) is 3. The first kappa shape index (κ1) is 15.2. The van der Waals surface area contributed by atoms with Crippen molar-refractivity contribution in [3.8, 4) is 0 Å². The van der Waals surface area contributed by atoms with Gasteiger partial charge in [-0.2, -0.15) is 0 Å². The molecule has 4 nitrogen and oxygen atoms in total. The first-order valence-electron chi connectivity index (χ1n) is 8.95. The summed E-state index contributed by atoms with van der Waals surface area (Å²) in [6.45, 7) is 5.44. The largest absolute Gasteiger partial charge is 0.396 e. The number of aromatic nitrogens is 2. The Balaban J connectivity index is 1.53. The fourth-order valence-electron chi connectivity index (χ4n) is 4.33. The summed E-state index contributed by atoms with van der Waals surface area (Å²) in [7, 11) is 0. The third-order valence-electron chi connectivity index (χ3n) is 5.67. The van der Waals surface area contributed by atoms with Crippen LogP contribution in [0.25, 0.3) is 5.52 Å². The fraction of sp³-hybridized carbons (Fsp3) is 0.632. The molecule has 0 radical (unpaired) electrons. The zero-order chi connectivity index (χ0) is 15.9. The van der Waals surface area contributed by atoms with E-state index in [-0.39, 0.29) is 5.41 Å². The molecular weight excluding hydrogens is 286 g/mol. The summed E-state index contributed by atoms with van der Waals surface area (Å²) in [6, 6.07) is 6.29. The Morgan fingerprint density at radius 3 is 3.00 bits per heavy atom. The quantitative estimate of drug-likeness (QED) is 0.922. The Kier molecular flexibility index (Phi) is 3.90. The molecule has 4 rings (SSSR count). The molecule has 1 atom stereocenters. The molecule has 4 heteroatoms. The number of imidazole rings is 1. The lowest BCUT2D eigenvalue weighted by molar-refractivity contribution is 0.0177. The Morgan fingerprint density at radius 1 is 1.35 bits per heavy atom. The smallest absolute Gasteiger partial charge is 0.110 e. The molecule has 1 aliphatic heterocycles. The minimum Gasteiger partial charge on any atom is -0.396 e. The van der Waals surface area contributed by atoms with Crippen molar-refractivity contribution in [3.63, 3.8) is 0 Å². The average Bonchev–Trinajstić information content (AvgIpc) is 3.32. The molecule has 23 heavy (non-hydrogen) atoms. The monoisotopic (exact) mass is 313 g/mol. The van der Waals surface area contributed by atoms with Crippen LogP contribution in [-0.2, 0) is 6.54 Å². The van der Waals surface area contributed by atoms with Gasteiger partial charge >= 0.3 is 0 Å². The van der Waals surface area contributed by atoms with Crippen LogP contribution in [0.3, 0.4) is 0 Å². The Bertz CT molecular complexity index is 691. The van der Waals surface area contributed by atoms with Gasteiger partial charge in [-0.3, -0.25) is 4.90 Å². The van der Waals surface area contributed by atoms with Crippen LogP contribution in [0.1, 0.15) is 43.6 Å². The molecule has 2 aromatic heterocycles. The summed E-state index contributed by atoms with van der Waals surface area (Å²) < 4.78 is 2.17. The third-order valence-corrected chi connectivity index (χ3v) is 5.67. The van der Waals surface area contributed by atoms with E-state index in [2.05, 4.69) is 40.6 Å². The fourth-order valence-corrected chi connectivity index (χ4v) is 4.33. The van der Waals surface area contributed by atoms with E-state index >= 15 is 0 Å². The number of piperidine rings is 1. The molecule has 1 saturated carbocycles. The minimum atomic E-state index is 0.129. The third kappa shape index (κ3) is 3.02. The molecule has 1 saturated heterocycles. The van der Waals surface area contributed by atoms with Gasteiger partial charge in [0.25, 0.3) is 0 Å². The molecule has 3 heterocycles. The number of hydrogen-bond donors (Lipinski definition) is 1. The van der Waals surface area contributed by atoms with Gasteiger partial charge in [0.1, 0.15) is 5.82 Å². The van der Waals surface area contributed by atoms with E-state index in [4.69, 9.17) is 4.98 Å². The lowest BCUT2D eigenvalue weighted by Gasteiger charge is -2.42. The van der Waals surface area contributed by atoms with Crippen molar-refractivity contribution < 1.29 is 5.11 Å². The second-order valence-corrected chi connectivity index (χ2v) is 7.68. The molecule has 0 amide bonds. The van der Waals surface area contributed by atoms with E-state index in [1.807, 2.05) is 0 Å². The van der Waals surface area contributed by atoms with Gasteiger partial charge in [-0.1, -0.05) is 18.9 Å². The van der Waals surface area contributed by atoms with Gasteiger partial charge in [0.05, 0.1) is 11.2 Å². The van der Waals surface area contributed by atoms with Gasteiger partial charge in [0.15, 0.2) is 0 Å².